The van der Waals surface area contributed by atoms with E-state index in [2.05, 4.69) is 196 Å². The molecule has 0 bridgehead atoms. The Morgan fingerprint density at radius 2 is 0.758 bits per heavy atom. The second-order valence-electron chi connectivity index (χ2n) is 16.6. The van der Waals surface area contributed by atoms with Gasteiger partial charge in [-0.1, -0.05) is 146 Å². The van der Waals surface area contributed by atoms with Crippen molar-refractivity contribution in [2.45, 2.75) is 0 Å². The van der Waals surface area contributed by atoms with Crippen molar-refractivity contribution >= 4 is 88.5 Å². The Bertz CT molecular complexity index is 3800. The van der Waals surface area contributed by atoms with Crippen molar-refractivity contribution in [3.63, 3.8) is 0 Å². The topological polar surface area (TPSA) is 62.4 Å². The predicted octanol–water partition coefficient (Wildman–Crippen LogP) is 11.2. The number of hydrogen-bond donors (Lipinski definition) is 0. The quantitative estimate of drug-likeness (QED) is 0.168. The van der Waals surface area contributed by atoms with Gasteiger partial charge in [0.15, 0.2) is 0 Å². The molecule has 3 aromatic heterocycles. The molecule has 2 aliphatic heterocycles. The highest BCUT2D eigenvalue weighted by Gasteiger charge is 2.44. The van der Waals surface area contributed by atoms with Gasteiger partial charge in [0.25, 0.3) is 6.71 Å². The van der Waals surface area contributed by atoms with E-state index in [-0.39, 0.29) is 6.71 Å². The third kappa shape index (κ3) is 4.06. The zero-order chi connectivity index (χ0) is 40.8. The lowest BCUT2D eigenvalue weighted by atomic mass is 9.34. The number of benzene rings is 9. The number of fused-ring (bicyclic) bond motifs is 13. The minimum Gasteiger partial charge on any atom is -0.309 e. The lowest BCUT2D eigenvalue weighted by molar-refractivity contribution is 1.08. The van der Waals surface area contributed by atoms with E-state index in [1.165, 1.54) is 10.9 Å². The summed E-state index contributed by atoms with van der Waals surface area (Å²) in [5, 5.41) is 30.4. The number of para-hydroxylation sites is 4. The molecule has 0 atom stereocenters. The van der Waals surface area contributed by atoms with Gasteiger partial charge in [-0.3, -0.25) is 0 Å². The summed E-state index contributed by atoms with van der Waals surface area (Å²) in [6, 6.07) is 70.1. The molecule has 0 aliphatic carbocycles. The number of aromatic nitrogens is 3. The first kappa shape index (κ1) is 33.3. The summed E-state index contributed by atoms with van der Waals surface area (Å²) < 4.78 is 6.89. The number of nitriles is 2. The zero-order valence-electron chi connectivity index (χ0n) is 33.1. The second kappa shape index (κ2) is 12.0. The van der Waals surface area contributed by atoms with E-state index >= 15 is 0 Å². The predicted molar refractivity (Wildman–Crippen MR) is 254 cm³/mol. The normalized spacial score (nSPS) is 12.5. The van der Waals surface area contributed by atoms with E-state index in [0.29, 0.717) is 16.8 Å². The van der Waals surface area contributed by atoms with Gasteiger partial charge in [0, 0.05) is 43.4 Å². The largest absolute Gasteiger partial charge is 0.309 e. The molecule has 12 aromatic rings. The summed E-state index contributed by atoms with van der Waals surface area (Å²) in [7, 11) is 0. The highest BCUT2D eigenvalue weighted by atomic mass is 15.1. The van der Waals surface area contributed by atoms with Crippen molar-refractivity contribution in [1.29, 1.82) is 10.5 Å². The summed E-state index contributed by atoms with van der Waals surface area (Å²) in [5.74, 6) is 0. The van der Waals surface area contributed by atoms with E-state index in [1.807, 2.05) is 12.1 Å². The van der Waals surface area contributed by atoms with Crippen LogP contribution in [0.1, 0.15) is 11.1 Å². The Balaban J connectivity index is 1.22. The first-order chi connectivity index (χ1) is 30.7. The van der Waals surface area contributed by atoms with Crippen LogP contribution in [-0.4, -0.2) is 20.4 Å². The molecular formula is C56H30BN5. The molecular weight excluding hydrogens is 753 g/mol. The third-order valence-electron chi connectivity index (χ3n) is 13.7. The summed E-state index contributed by atoms with van der Waals surface area (Å²) in [6.45, 7) is -0.214. The Hall–Kier alpha value is -8.58. The molecule has 14 rings (SSSR count). The minimum absolute atomic E-state index is 0.214. The highest BCUT2D eigenvalue weighted by Crippen LogP contribution is 2.45. The van der Waals surface area contributed by atoms with Crippen LogP contribution < -0.4 is 16.4 Å². The first-order valence-corrected chi connectivity index (χ1v) is 21.0. The van der Waals surface area contributed by atoms with E-state index in [9.17, 15) is 10.5 Å². The SMILES string of the molecule is N#Cc1c(-n2c3ccc(-c4ccccc4)cc3c3cc(-c4ccccc4)ccc32)c(C#N)c2c3c1-n1c4ccccc4c4cccc(c41)B3c1cccc3c4ccccc4n-2c13. The standard InChI is InChI=1S/C56H30BN5/c58-31-43-52(60-49-27-25-35(33-13-3-1-4-14-33)29-41(49)42-30-36(26-28-50(42)60)34-15-5-2-6-16-34)44(32-59)56-51-55(43)61-47-23-9-7-17-37(47)39-19-11-21-45(53(39)61)57(51)46-22-12-20-40-38-18-8-10-24-48(38)62(56)54(40)46/h1-30H. The average molecular weight is 784 g/mol. The van der Waals surface area contributed by atoms with Crippen LogP contribution in [-0.2, 0) is 0 Å². The highest BCUT2D eigenvalue weighted by molar-refractivity contribution is 7.00. The number of nitrogens with zero attached hydrogens (tertiary/aromatic N) is 5. The van der Waals surface area contributed by atoms with E-state index < -0.39 is 0 Å². The lowest BCUT2D eigenvalue weighted by Gasteiger charge is -2.35. The second-order valence-corrected chi connectivity index (χ2v) is 16.6. The van der Waals surface area contributed by atoms with E-state index in [4.69, 9.17) is 0 Å². The van der Waals surface area contributed by atoms with Crippen LogP contribution in [0.15, 0.2) is 182 Å². The molecule has 0 amide bonds. The maximum absolute atomic E-state index is 11.9. The van der Waals surface area contributed by atoms with Crippen LogP contribution in [0.25, 0.3) is 105 Å². The van der Waals surface area contributed by atoms with Crippen molar-refractivity contribution in [2.24, 2.45) is 0 Å². The van der Waals surface area contributed by atoms with Gasteiger partial charge < -0.3 is 13.7 Å². The first-order valence-electron chi connectivity index (χ1n) is 21.0. The van der Waals surface area contributed by atoms with E-state index in [0.717, 1.165) is 105 Å². The monoisotopic (exact) mass is 783 g/mol. The Morgan fingerprint density at radius 3 is 1.23 bits per heavy atom. The Kier molecular flexibility index (Phi) is 6.45. The van der Waals surface area contributed by atoms with Crippen LogP contribution in [0.4, 0.5) is 0 Å². The molecule has 282 valence electrons. The van der Waals surface area contributed by atoms with Gasteiger partial charge in [-0.05, 0) is 75.0 Å². The zero-order valence-corrected chi connectivity index (χ0v) is 33.1. The molecule has 5 heterocycles. The summed E-state index contributed by atoms with van der Waals surface area (Å²) in [5.41, 5.74) is 17.2. The lowest BCUT2D eigenvalue weighted by Crippen LogP contribution is -2.60. The fraction of sp³-hybridized carbons (Fsp3) is 0. The van der Waals surface area contributed by atoms with Crippen LogP contribution in [0.2, 0.25) is 0 Å². The van der Waals surface area contributed by atoms with Crippen LogP contribution in [0.5, 0.6) is 0 Å². The molecule has 9 aromatic carbocycles. The van der Waals surface area contributed by atoms with Crippen LogP contribution in [0.3, 0.4) is 0 Å². The molecule has 5 nitrogen and oxygen atoms in total. The Labute approximate surface area is 355 Å². The van der Waals surface area contributed by atoms with Crippen molar-refractivity contribution in [2.75, 3.05) is 0 Å². The van der Waals surface area contributed by atoms with Crippen LogP contribution in [0, 0.1) is 22.7 Å². The van der Waals surface area contributed by atoms with Gasteiger partial charge in [-0.15, -0.1) is 0 Å². The maximum atomic E-state index is 11.9. The van der Waals surface area contributed by atoms with Gasteiger partial charge in [-0.25, -0.2) is 0 Å². The van der Waals surface area contributed by atoms with Gasteiger partial charge in [0.05, 0.1) is 39.1 Å². The molecule has 62 heavy (non-hydrogen) atoms. The smallest absolute Gasteiger partial charge is 0.252 e. The fourth-order valence-electron chi connectivity index (χ4n) is 11.3. The van der Waals surface area contributed by atoms with E-state index in [1.54, 1.807) is 0 Å². The molecule has 0 saturated carbocycles. The van der Waals surface area contributed by atoms with Crippen molar-refractivity contribution in [1.82, 2.24) is 13.7 Å². The summed E-state index contributed by atoms with van der Waals surface area (Å²) in [4.78, 5) is 0. The molecule has 0 radical (unpaired) electrons. The summed E-state index contributed by atoms with van der Waals surface area (Å²) in [6.07, 6.45) is 0. The van der Waals surface area contributed by atoms with Crippen LogP contribution >= 0.6 is 0 Å². The molecule has 0 unspecified atom stereocenters. The third-order valence-corrected chi connectivity index (χ3v) is 13.7. The molecule has 6 heteroatoms. The molecule has 0 saturated heterocycles. The van der Waals surface area contributed by atoms with Gasteiger partial charge in [-0.2, -0.15) is 10.5 Å². The maximum Gasteiger partial charge on any atom is 0.252 e. The summed E-state index contributed by atoms with van der Waals surface area (Å²) >= 11 is 0. The fourth-order valence-corrected chi connectivity index (χ4v) is 11.3. The minimum atomic E-state index is -0.214. The molecule has 2 aliphatic rings. The van der Waals surface area contributed by atoms with Crippen molar-refractivity contribution in [3.05, 3.63) is 193 Å². The van der Waals surface area contributed by atoms with Crippen molar-refractivity contribution < 1.29 is 0 Å². The molecule has 0 fully saturated rings. The van der Waals surface area contributed by atoms with Crippen molar-refractivity contribution in [3.8, 4) is 51.5 Å². The van der Waals surface area contributed by atoms with Gasteiger partial charge >= 0.3 is 0 Å². The van der Waals surface area contributed by atoms with Gasteiger partial charge in [0.2, 0.25) is 0 Å². The average Bonchev–Trinajstić information content (AvgIpc) is 3.98. The molecule has 0 spiro atoms. The molecule has 0 N–H and O–H groups in total. The number of rotatable bonds is 3. The van der Waals surface area contributed by atoms with Gasteiger partial charge in [0.1, 0.15) is 23.3 Å². The Morgan fingerprint density at radius 1 is 0.339 bits per heavy atom. The number of hydrogen-bond acceptors (Lipinski definition) is 2.